The lowest BCUT2D eigenvalue weighted by Gasteiger charge is -2.39. The molecule has 1 fully saturated rings. The molecule has 0 radical (unpaired) electrons. The number of ether oxygens (including phenoxy) is 4. The van der Waals surface area contributed by atoms with E-state index in [1.807, 2.05) is 0 Å². The molecule has 310 valence electrons. The number of hydrogen-bond donors (Lipinski definition) is 4. The molecular weight excluding hydrogens is 672 g/mol. The van der Waals surface area contributed by atoms with E-state index in [1.165, 1.54) is 89.9 Å². The summed E-state index contributed by atoms with van der Waals surface area (Å²) in [7, 11) is 0. The summed E-state index contributed by atoms with van der Waals surface area (Å²) in [4.78, 5) is 12.7. The average Bonchev–Trinajstić information content (AvgIpc) is 3.16. The van der Waals surface area contributed by atoms with Gasteiger partial charge in [-0.15, -0.1) is 0 Å². The Bertz CT molecular complexity index is 905. The average molecular weight is 753 g/mol. The Morgan fingerprint density at radius 1 is 0.604 bits per heavy atom. The number of aliphatic hydroxyl groups excluding tert-OH is 4. The van der Waals surface area contributed by atoms with E-state index in [-0.39, 0.29) is 19.2 Å². The highest BCUT2D eigenvalue weighted by atomic mass is 16.7. The van der Waals surface area contributed by atoms with E-state index >= 15 is 0 Å². The lowest BCUT2D eigenvalue weighted by molar-refractivity contribution is -0.305. The highest BCUT2D eigenvalue weighted by Crippen LogP contribution is 2.22. The maximum atomic E-state index is 12.7. The molecule has 1 saturated heterocycles. The predicted molar refractivity (Wildman–Crippen MR) is 215 cm³/mol. The number of unbranched alkanes of at least 4 members (excludes halogenated alkanes) is 19. The number of allylic oxidation sites excluding steroid dienone is 6. The van der Waals surface area contributed by atoms with Crippen LogP contribution in [0.3, 0.4) is 0 Å². The molecule has 6 unspecified atom stereocenters. The first-order valence-electron chi connectivity index (χ1n) is 21.6. The normalized spacial score (nSPS) is 21.4. The minimum atomic E-state index is -1.54. The third-order valence-electron chi connectivity index (χ3n) is 9.78. The van der Waals surface area contributed by atoms with Gasteiger partial charge in [-0.25, -0.2) is 0 Å². The molecule has 1 aliphatic heterocycles. The fourth-order valence-electron chi connectivity index (χ4n) is 6.34. The quantitative estimate of drug-likeness (QED) is 0.0281. The molecule has 1 aliphatic rings. The molecule has 0 aliphatic carbocycles. The summed E-state index contributed by atoms with van der Waals surface area (Å²) in [5.74, 6) is -0.327. The topological polar surface area (TPSA) is 135 Å². The molecule has 9 heteroatoms. The second-order valence-corrected chi connectivity index (χ2v) is 14.8. The number of carbonyl (C=O) groups excluding carboxylic acids is 1. The Labute approximate surface area is 323 Å². The van der Waals surface area contributed by atoms with Crippen molar-refractivity contribution in [3.63, 3.8) is 0 Å². The van der Waals surface area contributed by atoms with Crippen LogP contribution in [-0.2, 0) is 23.7 Å². The highest BCUT2D eigenvalue weighted by molar-refractivity contribution is 5.69. The molecule has 0 amide bonds. The van der Waals surface area contributed by atoms with Gasteiger partial charge in [-0.2, -0.15) is 0 Å². The Balaban J connectivity index is 2.30. The molecule has 6 atom stereocenters. The first-order chi connectivity index (χ1) is 25.9. The Morgan fingerprint density at radius 2 is 1.09 bits per heavy atom. The second kappa shape index (κ2) is 36.1. The van der Waals surface area contributed by atoms with Gasteiger partial charge in [0.2, 0.25) is 0 Å². The summed E-state index contributed by atoms with van der Waals surface area (Å²) in [6, 6.07) is 0. The summed E-state index contributed by atoms with van der Waals surface area (Å²) < 4.78 is 22.8. The van der Waals surface area contributed by atoms with Crippen LogP contribution in [0.4, 0.5) is 0 Å². The summed E-state index contributed by atoms with van der Waals surface area (Å²) in [5, 5.41) is 40.0. The van der Waals surface area contributed by atoms with Gasteiger partial charge < -0.3 is 39.4 Å². The van der Waals surface area contributed by atoms with Crippen LogP contribution in [0.15, 0.2) is 36.5 Å². The van der Waals surface area contributed by atoms with E-state index in [0.29, 0.717) is 13.0 Å². The summed E-state index contributed by atoms with van der Waals surface area (Å²) in [5.41, 5.74) is 0. The summed E-state index contributed by atoms with van der Waals surface area (Å²) in [6.45, 7) is 4.49. The zero-order valence-corrected chi connectivity index (χ0v) is 33.8. The van der Waals surface area contributed by atoms with E-state index in [4.69, 9.17) is 18.9 Å². The molecule has 9 nitrogen and oxygen atoms in total. The molecule has 0 aromatic rings. The van der Waals surface area contributed by atoms with Crippen molar-refractivity contribution in [2.75, 3.05) is 26.4 Å². The largest absolute Gasteiger partial charge is 0.457 e. The van der Waals surface area contributed by atoms with Crippen molar-refractivity contribution >= 4 is 5.97 Å². The van der Waals surface area contributed by atoms with Gasteiger partial charge in [0.1, 0.15) is 30.5 Å². The van der Waals surface area contributed by atoms with Gasteiger partial charge in [-0.3, -0.25) is 4.79 Å². The van der Waals surface area contributed by atoms with Gasteiger partial charge in [0.05, 0.1) is 19.8 Å². The molecule has 1 rings (SSSR count). The fourth-order valence-corrected chi connectivity index (χ4v) is 6.34. The van der Waals surface area contributed by atoms with Crippen molar-refractivity contribution in [1.82, 2.24) is 0 Å². The number of rotatable bonds is 36. The molecule has 4 N–H and O–H groups in total. The molecule has 53 heavy (non-hydrogen) atoms. The van der Waals surface area contributed by atoms with Gasteiger partial charge >= 0.3 is 5.97 Å². The van der Waals surface area contributed by atoms with Gasteiger partial charge in [0, 0.05) is 13.0 Å². The molecular formula is C44H80O9. The Hall–Kier alpha value is -1.59. The zero-order chi connectivity index (χ0) is 38.6. The van der Waals surface area contributed by atoms with Crippen molar-refractivity contribution in [3.05, 3.63) is 36.5 Å². The Morgan fingerprint density at radius 3 is 1.68 bits per heavy atom. The van der Waals surface area contributed by atoms with Crippen LogP contribution in [-0.4, -0.2) is 89.6 Å². The number of carbonyl (C=O) groups is 1. The number of esters is 1. The third-order valence-corrected chi connectivity index (χ3v) is 9.78. The van der Waals surface area contributed by atoms with Crippen LogP contribution >= 0.6 is 0 Å². The lowest BCUT2D eigenvalue weighted by atomic mass is 9.99. The van der Waals surface area contributed by atoms with E-state index in [9.17, 15) is 25.2 Å². The van der Waals surface area contributed by atoms with Gasteiger partial charge in [-0.05, 0) is 70.6 Å². The van der Waals surface area contributed by atoms with Gasteiger partial charge in [0.15, 0.2) is 6.29 Å². The lowest BCUT2D eigenvalue weighted by Crippen LogP contribution is -2.59. The molecule has 0 saturated carbocycles. The third kappa shape index (κ3) is 27.6. The van der Waals surface area contributed by atoms with Crippen molar-refractivity contribution in [2.45, 2.75) is 211 Å². The minimum absolute atomic E-state index is 0.121. The van der Waals surface area contributed by atoms with E-state index in [2.05, 4.69) is 50.3 Å². The molecule has 0 aromatic heterocycles. The van der Waals surface area contributed by atoms with Crippen LogP contribution in [0.2, 0.25) is 0 Å². The maximum Gasteiger partial charge on any atom is 0.306 e. The predicted octanol–water partition coefficient (Wildman–Crippen LogP) is 9.19. The van der Waals surface area contributed by atoms with E-state index < -0.39 is 43.4 Å². The van der Waals surface area contributed by atoms with Crippen LogP contribution in [0, 0.1) is 0 Å². The second-order valence-electron chi connectivity index (χ2n) is 14.8. The molecule has 0 spiro atoms. The summed E-state index contributed by atoms with van der Waals surface area (Å²) >= 11 is 0. The first-order valence-corrected chi connectivity index (χ1v) is 21.6. The van der Waals surface area contributed by atoms with Crippen molar-refractivity contribution in [2.24, 2.45) is 0 Å². The standard InChI is InChI=1S/C44H80O9/c1-3-5-7-9-11-13-15-17-19-20-22-24-26-28-30-32-34-50-36-38(37-51-44-43(49)42(48)41(47)39(35-45)53-44)52-40(46)33-31-29-27-25-23-21-18-16-14-12-10-8-6-4-2/h11,13,16-19,38-39,41-45,47-49H,3-10,12,14-15,20-37H2,1-2H3/b13-11-,18-16-,19-17-. The van der Waals surface area contributed by atoms with E-state index in [1.54, 1.807) is 0 Å². The van der Waals surface area contributed by atoms with Crippen LogP contribution < -0.4 is 0 Å². The van der Waals surface area contributed by atoms with Gasteiger partial charge in [0.25, 0.3) is 0 Å². The smallest absolute Gasteiger partial charge is 0.306 e. The zero-order valence-electron chi connectivity index (χ0n) is 33.8. The Kier molecular flexibility index (Phi) is 33.6. The van der Waals surface area contributed by atoms with Crippen LogP contribution in [0.1, 0.15) is 174 Å². The molecule has 1 heterocycles. The van der Waals surface area contributed by atoms with E-state index in [0.717, 1.165) is 64.2 Å². The molecule has 0 bridgehead atoms. The van der Waals surface area contributed by atoms with Crippen molar-refractivity contribution in [3.8, 4) is 0 Å². The SMILES string of the molecule is CCCCC/C=C\C/C=C\CCCCCCCCOCC(COC1OC(CO)C(O)C(O)C1O)OC(=O)CCCCCCC/C=C\CCCCCCC. The van der Waals surface area contributed by atoms with Crippen molar-refractivity contribution in [1.29, 1.82) is 0 Å². The summed E-state index contributed by atoms with van der Waals surface area (Å²) in [6.07, 6.45) is 34.5. The fraction of sp³-hybridized carbons (Fsp3) is 0.841. The first kappa shape index (κ1) is 49.4. The number of aliphatic hydroxyl groups is 4. The monoisotopic (exact) mass is 753 g/mol. The minimum Gasteiger partial charge on any atom is -0.457 e. The maximum absolute atomic E-state index is 12.7. The van der Waals surface area contributed by atoms with Crippen LogP contribution in [0.25, 0.3) is 0 Å². The van der Waals surface area contributed by atoms with Crippen LogP contribution in [0.5, 0.6) is 0 Å². The molecule has 0 aromatic carbocycles. The van der Waals surface area contributed by atoms with Crippen molar-refractivity contribution < 1.29 is 44.2 Å². The highest BCUT2D eigenvalue weighted by Gasteiger charge is 2.44. The number of hydrogen-bond acceptors (Lipinski definition) is 9. The van der Waals surface area contributed by atoms with Gasteiger partial charge in [-0.1, -0.05) is 134 Å².